The zero-order chi connectivity index (χ0) is 14.3. The Morgan fingerprint density at radius 3 is 2.26 bits per heavy atom. The van der Waals surface area contributed by atoms with E-state index < -0.39 is 11.8 Å². The molecule has 0 radical (unpaired) electrons. The Labute approximate surface area is 119 Å². The van der Waals surface area contributed by atoms with E-state index in [9.17, 15) is 9.59 Å². The number of aliphatic hydroxyl groups is 2. The number of amides is 2. The molecule has 1 aromatic carbocycles. The Balaban J connectivity index is 2.71. The summed E-state index contributed by atoms with van der Waals surface area (Å²) in [6.45, 7) is -0.534. The van der Waals surface area contributed by atoms with E-state index in [1.54, 1.807) is 24.3 Å². The smallest absolute Gasteiger partial charge is 0.313 e. The summed E-state index contributed by atoms with van der Waals surface area (Å²) in [6.07, 6.45) is 0. The number of nitrogens with zero attached hydrogens (tertiary/aromatic N) is 1. The van der Waals surface area contributed by atoms with Gasteiger partial charge in [0.15, 0.2) is 0 Å². The monoisotopic (exact) mass is 330 g/mol. The fourth-order valence-corrected chi connectivity index (χ4v) is 1.82. The van der Waals surface area contributed by atoms with E-state index in [0.717, 1.165) is 4.90 Å². The summed E-state index contributed by atoms with van der Waals surface area (Å²) in [5.74, 6) is -1.60. The van der Waals surface area contributed by atoms with Crippen LogP contribution < -0.4 is 5.32 Å². The van der Waals surface area contributed by atoms with Crippen LogP contribution in [0.1, 0.15) is 0 Å². The molecule has 0 saturated carbocycles. The van der Waals surface area contributed by atoms with E-state index in [2.05, 4.69) is 21.2 Å². The standard InChI is InChI=1S/C12H15BrN2O4/c13-9-3-1-2-4-10(9)14-11(18)12(19)15(5-7-16)6-8-17/h1-4,16-17H,5-8H2,(H,14,18). The van der Waals surface area contributed by atoms with Gasteiger partial charge in [-0.05, 0) is 28.1 Å². The molecular weight excluding hydrogens is 316 g/mol. The molecule has 0 aromatic heterocycles. The van der Waals surface area contributed by atoms with Crippen molar-refractivity contribution in [3.05, 3.63) is 28.7 Å². The Morgan fingerprint density at radius 2 is 1.74 bits per heavy atom. The molecule has 0 aliphatic rings. The zero-order valence-electron chi connectivity index (χ0n) is 10.2. The van der Waals surface area contributed by atoms with Gasteiger partial charge >= 0.3 is 11.8 Å². The van der Waals surface area contributed by atoms with Gasteiger partial charge in [0.25, 0.3) is 0 Å². The maximum atomic E-state index is 11.8. The highest BCUT2D eigenvalue weighted by Gasteiger charge is 2.21. The van der Waals surface area contributed by atoms with Gasteiger partial charge in [-0.1, -0.05) is 12.1 Å². The lowest BCUT2D eigenvalue weighted by atomic mass is 10.3. The van der Waals surface area contributed by atoms with Crippen molar-refractivity contribution in [3.8, 4) is 0 Å². The van der Waals surface area contributed by atoms with Gasteiger partial charge in [-0.25, -0.2) is 0 Å². The van der Waals surface area contributed by atoms with Crippen LogP contribution in [-0.2, 0) is 9.59 Å². The molecule has 104 valence electrons. The number of hydrogen-bond donors (Lipinski definition) is 3. The van der Waals surface area contributed by atoms with Crippen molar-refractivity contribution in [2.45, 2.75) is 0 Å². The first-order chi connectivity index (χ1) is 9.10. The molecule has 0 spiro atoms. The topological polar surface area (TPSA) is 89.9 Å². The number of benzene rings is 1. The molecule has 3 N–H and O–H groups in total. The second-order valence-electron chi connectivity index (χ2n) is 3.67. The van der Waals surface area contributed by atoms with Crippen LogP contribution in [-0.4, -0.2) is 53.2 Å². The maximum Gasteiger partial charge on any atom is 0.313 e. The van der Waals surface area contributed by atoms with E-state index in [0.29, 0.717) is 10.2 Å². The molecule has 0 fully saturated rings. The molecule has 2 amide bonds. The largest absolute Gasteiger partial charge is 0.395 e. The number of rotatable bonds is 5. The average Bonchev–Trinajstić information content (AvgIpc) is 2.40. The van der Waals surface area contributed by atoms with E-state index >= 15 is 0 Å². The summed E-state index contributed by atoms with van der Waals surface area (Å²) in [5, 5.41) is 20.1. The average molecular weight is 331 g/mol. The van der Waals surface area contributed by atoms with Gasteiger partial charge in [0, 0.05) is 17.6 Å². The van der Waals surface area contributed by atoms with Crippen molar-refractivity contribution in [2.75, 3.05) is 31.6 Å². The number of anilines is 1. The Hall–Kier alpha value is -1.44. The maximum absolute atomic E-state index is 11.8. The number of carbonyl (C=O) groups excluding carboxylic acids is 2. The van der Waals surface area contributed by atoms with Gasteiger partial charge in [0.1, 0.15) is 0 Å². The summed E-state index contributed by atoms with van der Waals surface area (Å²) in [4.78, 5) is 24.7. The third-order valence-electron chi connectivity index (χ3n) is 2.34. The summed E-state index contributed by atoms with van der Waals surface area (Å²) in [7, 11) is 0. The van der Waals surface area contributed by atoms with Crippen molar-refractivity contribution >= 4 is 33.4 Å². The predicted octanol–water partition coefficient (Wildman–Crippen LogP) is 0.201. The van der Waals surface area contributed by atoms with E-state index in [1.165, 1.54) is 0 Å². The van der Waals surface area contributed by atoms with Gasteiger partial charge in [-0.3, -0.25) is 9.59 Å². The number of hydrogen-bond acceptors (Lipinski definition) is 4. The highest BCUT2D eigenvalue weighted by atomic mass is 79.9. The van der Waals surface area contributed by atoms with Crippen molar-refractivity contribution in [2.24, 2.45) is 0 Å². The minimum Gasteiger partial charge on any atom is -0.395 e. The van der Waals surface area contributed by atoms with Crippen LogP contribution in [0.3, 0.4) is 0 Å². The number of para-hydroxylation sites is 1. The lowest BCUT2D eigenvalue weighted by Crippen LogP contribution is -2.42. The predicted molar refractivity (Wildman–Crippen MR) is 73.5 cm³/mol. The lowest BCUT2D eigenvalue weighted by molar-refractivity contribution is -0.143. The fourth-order valence-electron chi connectivity index (χ4n) is 1.44. The second kappa shape index (κ2) is 7.88. The molecule has 0 aliphatic heterocycles. The summed E-state index contributed by atoms with van der Waals surface area (Å²) < 4.78 is 0.659. The minimum absolute atomic E-state index is 0.00275. The Morgan fingerprint density at radius 1 is 1.16 bits per heavy atom. The molecule has 1 rings (SSSR count). The SMILES string of the molecule is O=C(Nc1ccccc1Br)C(=O)N(CCO)CCO. The highest BCUT2D eigenvalue weighted by Crippen LogP contribution is 2.21. The molecule has 6 nitrogen and oxygen atoms in total. The molecule has 1 aromatic rings. The normalized spacial score (nSPS) is 10.1. The van der Waals surface area contributed by atoms with Crippen LogP contribution in [0.5, 0.6) is 0 Å². The first-order valence-electron chi connectivity index (χ1n) is 5.66. The molecule has 0 aliphatic carbocycles. The van der Waals surface area contributed by atoms with Crippen molar-refractivity contribution in [1.82, 2.24) is 4.90 Å². The molecule has 0 saturated heterocycles. The fraction of sp³-hybridized carbons (Fsp3) is 0.333. The highest BCUT2D eigenvalue weighted by molar-refractivity contribution is 9.10. The minimum atomic E-state index is -0.811. The second-order valence-corrected chi connectivity index (χ2v) is 4.53. The van der Waals surface area contributed by atoms with Crippen molar-refractivity contribution < 1.29 is 19.8 Å². The quantitative estimate of drug-likeness (QED) is 0.673. The summed E-state index contributed by atoms with van der Waals surface area (Å²) in [5.41, 5.74) is 0.480. The van der Waals surface area contributed by atoms with Gasteiger partial charge in [0.2, 0.25) is 0 Å². The van der Waals surface area contributed by atoms with Crippen LogP contribution in [0.4, 0.5) is 5.69 Å². The van der Waals surface area contributed by atoms with Gasteiger partial charge in [-0.15, -0.1) is 0 Å². The van der Waals surface area contributed by atoms with Crippen LogP contribution in [0.15, 0.2) is 28.7 Å². The van der Waals surface area contributed by atoms with Gasteiger partial charge in [-0.2, -0.15) is 0 Å². The van der Waals surface area contributed by atoms with Crippen LogP contribution in [0.2, 0.25) is 0 Å². The molecule has 0 heterocycles. The number of carbonyl (C=O) groups is 2. The zero-order valence-corrected chi connectivity index (χ0v) is 11.8. The Bertz CT molecular complexity index is 447. The summed E-state index contributed by atoms with van der Waals surface area (Å²) >= 11 is 3.25. The molecule has 0 atom stereocenters. The summed E-state index contributed by atoms with van der Waals surface area (Å²) in [6, 6.07) is 6.90. The van der Waals surface area contributed by atoms with E-state index in [-0.39, 0.29) is 26.3 Å². The van der Waals surface area contributed by atoms with Crippen LogP contribution in [0, 0.1) is 0 Å². The van der Waals surface area contributed by atoms with Gasteiger partial charge in [0.05, 0.1) is 18.9 Å². The van der Waals surface area contributed by atoms with E-state index in [4.69, 9.17) is 10.2 Å². The third kappa shape index (κ3) is 4.62. The van der Waals surface area contributed by atoms with Crippen LogP contribution in [0.25, 0.3) is 0 Å². The van der Waals surface area contributed by atoms with E-state index in [1.807, 2.05) is 0 Å². The molecular formula is C12H15BrN2O4. The first kappa shape index (κ1) is 15.6. The van der Waals surface area contributed by atoms with Crippen LogP contribution >= 0.6 is 15.9 Å². The van der Waals surface area contributed by atoms with Gasteiger partial charge < -0.3 is 20.4 Å². The molecule has 7 heteroatoms. The number of aliphatic hydroxyl groups excluding tert-OH is 2. The third-order valence-corrected chi connectivity index (χ3v) is 3.03. The lowest BCUT2D eigenvalue weighted by Gasteiger charge is -2.19. The first-order valence-corrected chi connectivity index (χ1v) is 6.46. The molecule has 0 bridgehead atoms. The van der Waals surface area contributed by atoms with Crippen molar-refractivity contribution in [3.63, 3.8) is 0 Å². The number of nitrogens with one attached hydrogen (secondary N) is 1. The Kier molecular flexibility index (Phi) is 6.48. The molecule has 0 unspecified atom stereocenters. The molecule has 19 heavy (non-hydrogen) atoms. The van der Waals surface area contributed by atoms with Crippen molar-refractivity contribution in [1.29, 1.82) is 0 Å². The number of halogens is 1.